The summed E-state index contributed by atoms with van der Waals surface area (Å²) in [6.45, 7) is 10.7. The van der Waals surface area contributed by atoms with Crippen molar-refractivity contribution in [3.63, 3.8) is 0 Å². The molecule has 30 heavy (non-hydrogen) atoms. The van der Waals surface area contributed by atoms with Crippen LogP contribution >= 0.6 is 0 Å². The van der Waals surface area contributed by atoms with Gasteiger partial charge in [-0.25, -0.2) is 4.39 Å². The topological polar surface area (TPSA) is 113 Å². The maximum atomic E-state index is 12.8. The van der Waals surface area contributed by atoms with Gasteiger partial charge in [0.2, 0.25) is 11.8 Å². The number of amides is 2. The molecule has 170 valence electrons. The predicted molar refractivity (Wildman–Crippen MR) is 119 cm³/mol. The summed E-state index contributed by atoms with van der Waals surface area (Å²) in [5.41, 5.74) is 8.92. The van der Waals surface area contributed by atoms with Crippen molar-refractivity contribution in [1.29, 1.82) is 0 Å². The Bertz CT molecular complexity index is 658. The van der Waals surface area contributed by atoms with Crippen LogP contribution in [0.3, 0.4) is 0 Å². The van der Waals surface area contributed by atoms with E-state index < -0.39 is 0 Å². The number of hydrogen-bond donors (Lipinski definition) is 4. The van der Waals surface area contributed by atoms with Crippen LogP contribution in [0.15, 0.2) is 36.2 Å². The molecule has 7 nitrogen and oxygen atoms in total. The first-order valence-corrected chi connectivity index (χ1v) is 10.4. The van der Waals surface area contributed by atoms with Crippen molar-refractivity contribution in [2.75, 3.05) is 6.54 Å². The summed E-state index contributed by atoms with van der Waals surface area (Å²) in [5.74, 6) is 4.74. The Morgan fingerprint density at radius 1 is 1.27 bits per heavy atom. The van der Waals surface area contributed by atoms with Crippen LogP contribution in [0.25, 0.3) is 0 Å². The minimum absolute atomic E-state index is 0.0504. The van der Waals surface area contributed by atoms with Crippen LogP contribution in [-0.2, 0) is 16.1 Å². The highest BCUT2D eigenvalue weighted by Crippen LogP contribution is 2.20. The minimum Gasteiger partial charge on any atom is -0.401 e. The second-order valence-electron chi connectivity index (χ2n) is 7.24. The third-order valence-corrected chi connectivity index (χ3v) is 4.15. The fourth-order valence-electron chi connectivity index (χ4n) is 2.84. The van der Waals surface area contributed by atoms with E-state index >= 15 is 0 Å². The average molecular weight is 424 g/mol. The van der Waals surface area contributed by atoms with Crippen LogP contribution < -0.4 is 22.3 Å². The molecular weight excluding hydrogens is 385 g/mol. The number of likely N-dealkylation sites (tertiary alicyclic amines) is 1. The number of halogens is 1. The van der Waals surface area contributed by atoms with Gasteiger partial charge in [0.15, 0.2) is 0 Å². The van der Waals surface area contributed by atoms with Gasteiger partial charge in [0.1, 0.15) is 11.9 Å². The van der Waals surface area contributed by atoms with E-state index in [-0.39, 0.29) is 29.6 Å². The van der Waals surface area contributed by atoms with Crippen LogP contribution in [0.4, 0.5) is 4.39 Å². The zero-order chi connectivity index (χ0) is 23.1. The van der Waals surface area contributed by atoms with E-state index in [1.54, 1.807) is 24.0 Å². The molecule has 1 aliphatic rings. The Hall–Kier alpha value is -2.61. The number of hydrogen-bond acceptors (Lipinski definition) is 5. The molecule has 1 saturated heterocycles. The van der Waals surface area contributed by atoms with Crippen LogP contribution in [-0.4, -0.2) is 29.3 Å². The number of nitrogens with two attached hydrogens (primary N) is 2. The van der Waals surface area contributed by atoms with Gasteiger partial charge in [-0.1, -0.05) is 39.8 Å². The average Bonchev–Trinajstić information content (AvgIpc) is 3.19. The standard InChI is InChI=1S/C17H23FN2O2.C3H9N3.C2H6/c1-12(2)10-16(21)20-9-3-4-15(20)17(22)19-11-13-5-7-14(18)8-6-13;1-3(4)2-6-5;1-2/h5-8,12,15H,3-4,9-11H2,1-2H3,(H,19,22);2,6H,4-5H2,1H3;1-2H3/b;3-2-;. The Labute approximate surface area is 180 Å². The van der Waals surface area contributed by atoms with E-state index in [2.05, 4.69) is 10.7 Å². The zero-order valence-electron chi connectivity index (χ0n) is 18.9. The lowest BCUT2D eigenvalue weighted by atomic mass is 10.1. The summed E-state index contributed by atoms with van der Waals surface area (Å²) < 4.78 is 12.8. The van der Waals surface area contributed by atoms with Crippen LogP contribution in [0.2, 0.25) is 0 Å². The molecule has 1 heterocycles. The molecule has 6 N–H and O–H groups in total. The fraction of sp³-hybridized carbons (Fsp3) is 0.545. The van der Waals surface area contributed by atoms with Crippen molar-refractivity contribution in [2.45, 2.75) is 66.5 Å². The van der Waals surface area contributed by atoms with Crippen molar-refractivity contribution in [1.82, 2.24) is 15.6 Å². The minimum atomic E-state index is -0.369. The highest BCUT2D eigenvalue weighted by Gasteiger charge is 2.33. The number of rotatable bonds is 6. The maximum Gasteiger partial charge on any atom is 0.243 e. The summed E-state index contributed by atoms with van der Waals surface area (Å²) in [6, 6.07) is 5.66. The first-order valence-electron chi connectivity index (χ1n) is 10.4. The molecule has 0 aliphatic carbocycles. The Morgan fingerprint density at radius 2 is 1.87 bits per heavy atom. The van der Waals surface area contributed by atoms with Crippen molar-refractivity contribution in [3.8, 4) is 0 Å². The zero-order valence-corrected chi connectivity index (χ0v) is 18.9. The Kier molecular flexibility index (Phi) is 13.9. The van der Waals surface area contributed by atoms with Gasteiger partial charge in [-0.2, -0.15) is 0 Å². The highest BCUT2D eigenvalue weighted by molar-refractivity contribution is 5.88. The van der Waals surface area contributed by atoms with Gasteiger partial charge in [0, 0.05) is 31.4 Å². The van der Waals surface area contributed by atoms with Crippen molar-refractivity contribution >= 4 is 11.8 Å². The normalized spacial score (nSPS) is 15.5. The highest BCUT2D eigenvalue weighted by atomic mass is 19.1. The van der Waals surface area contributed by atoms with Crippen molar-refractivity contribution < 1.29 is 14.0 Å². The predicted octanol–water partition coefficient (Wildman–Crippen LogP) is 2.77. The molecule has 0 aromatic heterocycles. The van der Waals surface area contributed by atoms with Crippen LogP contribution in [0.1, 0.15) is 59.4 Å². The van der Waals surface area contributed by atoms with Crippen molar-refractivity contribution in [3.05, 3.63) is 47.5 Å². The summed E-state index contributed by atoms with van der Waals surface area (Å²) in [6.07, 6.45) is 3.55. The van der Waals surface area contributed by atoms with E-state index in [0.29, 0.717) is 31.6 Å². The van der Waals surface area contributed by atoms with Crippen LogP contribution in [0.5, 0.6) is 0 Å². The van der Waals surface area contributed by atoms with Crippen LogP contribution in [0, 0.1) is 11.7 Å². The monoisotopic (exact) mass is 423 g/mol. The number of carbonyl (C=O) groups is 2. The molecule has 0 saturated carbocycles. The molecule has 0 bridgehead atoms. The first-order chi connectivity index (χ1) is 14.2. The van der Waals surface area contributed by atoms with E-state index in [9.17, 15) is 14.0 Å². The smallest absolute Gasteiger partial charge is 0.243 e. The summed E-state index contributed by atoms with van der Waals surface area (Å²) in [5, 5.41) is 2.84. The van der Waals surface area contributed by atoms with Gasteiger partial charge < -0.3 is 21.4 Å². The van der Waals surface area contributed by atoms with Gasteiger partial charge in [0.25, 0.3) is 0 Å². The molecule has 0 radical (unpaired) electrons. The molecule has 1 unspecified atom stereocenters. The number of nitrogens with one attached hydrogen (secondary N) is 2. The number of nitrogens with zero attached hydrogens (tertiary/aromatic N) is 1. The summed E-state index contributed by atoms with van der Waals surface area (Å²) >= 11 is 0. The quantitative estimate of drug-likeness (QED) is 0.415. The number of allylic oxidation sites excluding steroid dienone is 1. The molecular formula is C22H38FN5O2. The lowest BCUT2D eigenvalue weighted by molar-refractivity contribution is -0.139. The van der Waals surface area contributed by atoms with E-state index in [0.717, 1.165) is 12.0 Å². The second-order valence-corrected chi connectivity index (χ2v) is 7.24. The number of hydrazine groups is 1. The third-order valence-electron chi connectivity index (χ3n) is 4.15. The molecule has 1 aromatic rings. The SMILES string of the molecule is C/C(N)=C/NN.CC.CC(C)CC(=O)N1CCCC1C(=O)NCc1ccc(F)cc1. The number of carbonyl (C=O) groups excluding carboxylic acids is 2. The molecule has 1 fully saturated rings. The first kappa shape index (κ1) is 27.4. The van der Waals surface area contributed by atoms with E-state index in [1.807, 2.05) is 27.7 Å². The largest absolute Gasteiger partial charge is 0.401 e. The molecule has 1 aliphatic heterocycles. The lowest BCUT2D eigenvalue weighted by Gasteiger charge is -2.24. The van der Waals surface area contributed by atoms with Gasteiger partial charge in [-0.05, 0) is 43.4 Å². The van der Waals surface area contributed by atoms with Crippen molar-refractivity contribution in [2.24, 2.45) is 17.5 Å². The van der Waals surface area contributed by atoms with Gasteiger partial charge in [0.05, 0.1) is 0 Å². The molecule has 8 heteroatoms. The van der Waals surface area contributed by atoms with Gasteiger partial charge in [-0.15, -0.1) is 0 Å². The van der Waals surface area contributed by atoms with Gasteiger partial charge in [-0.3, -0.25) is 15.4 Å². The summed E-state index contributed by atoms with van der Waals surface area (Å²) in [7, 11) is 0. The molecule has 2 rings (SSSR count). The molecule has 0 spiro atoms. The van der Waals surface area contributed by atoms with E-state index in [1.165, 1.54) is 18.3 Å². The fourth-order valence-corrected chi connectivity index (χ4v) is 2.84. The molecule has 1 aromatic carbocycles. The van der Waals surface area contributed by atoms with E-state index in [4.69, 9.17) is 11.6 Å². The summed E-state index contributed by atoms with van der Waals surface area (Å²) in [4.78, 5) is 26.2. The number of benzene rings is 1. The Balaban J connectivity index is 0.000000905. The Morgan fingerprint density at radius 3 is 2.33 bits per heavy atom. The molecule has 2 amide bonds. The third kappa shape index (κ3) is 10.8. The lowest BCUT2D eigenvalue weighted by Crippen LogP contribution is -2.46. The second kappa shape index (κ2) is 15.3. The van der Waals surface area contributed by atoms with Gasteiger partial charge >= 0.3 is 0 Å². The molecule has 1 atom stereocenters. The maximum absolute atomic E-state index is 12.8.